The van der Waals surface area contributed by atoms with Gasteiger partial charge in [-0.1, -0.05) is 6.42 Å². The van der Waals surface area contributed by atoms with E-state index in [1.165, 1.54) is 6.07 Å². The quantitative estimate of drug-likeness (QED) is 0.811. The van der Waals surface area contributed by atoms with E-state index in [4.69, 9.17) is 0 Å². The summed E-state index contributed by atoms with van der Waals surface area (Å²) in [5, 5.41) is 11.4. The van der Waals surface area contributed by atoms with Crippen molar-refractivity contribution in [2.75, 3.05) is 11.1 Å². The van der Waals surface area contributed by atoms with Crippen molar-refractivity contribution in [3.8, 4) is 11.4 Å². The van der Waals surface area contributed by atoms with Crippen LogP contribution in [0, 0.1) is 5.82 Å². The topological polar surface area (TPSA) is 80.1 Å². The summed E-state index contributed by atoms with van der Waals surface area (Å²) < 4.78 is 16.7. The number of fused-ring (bicyclic) bond motifs is 2. The molecule has 30 heavy (non-hydrogen) atoms. The first kappa shape index (κ1) is 19.5. The molecule has 2 atom stereocenters. The average Bonchev–Trinajstić information content (AvgIpc) is 3.30. The molecule has 4 heterocycles. The van der Waals surface area contributed by atoms with E-state index in [2.05, 4.69) is 15.5 Å². The molecule has 7 nitrogen and oxygen atoms in total. The lowest BCUT2D eigenvalue weighted by molar-refractivity contribution is -0.135. The zero-order chi connectivity index (χ0) is 20.9. The van der Waals surface area contributed by atoms with Crippen molar-refractivity contribution < 1.29 is 14.0 Å². The molecule has 158 valence electrons. The lowest BCUT2D eigenvalue weighted by atomic mass is 10.1. The summed E-state index contributed by atoms with van der Waals surface area (Å²) in [6.07, 6.45) is 5.27. The average molecular weight is 430 g/mol. The van der Waals surface area contributed by atoms with Crippen molar-refractivity contribution in [1.82, 2.24) is 19.7 Å². The molecule has 1 aromatic heterocycles. The number of aromatic nitrogens is 3. The zero-order valence-corrected chi connectivity index (χ0v) is 17.7. The SMILES string of the molecule is CC12CCC(=O)N1C(C(=O)Nc1ccc(F)c(-c3nnc4n3CCCCC4)c1)CS2. The van der Waals surface area contributed by atoms with Crippen LogP contribution in [0.3, 0.4) is 0 Å². The molecule has 5 rings (SSSR count). The van der Waals surface area contributed by atoms with Crippen molar-refractivity contribution in [2.24, 2.45) is 0 Å². The van der Waals surface area contributed by atoms with E-state index in [9.17, 15) is 14.0 Å². The van der Waals surface area contributed by atoms with Gasteiger partial charge in [0, 0.05) is 30.8 Å². The number of halogens is 1. The molecule has 3 aliphatic heterocycles. The Kier molecular flexibility index (Phi) is 4.80. The van der Waals surface area contributed by atoms with Crippen LogP contribution in [0.5, 0.6) is 0 Å². The summed E-state index contributed by atoms with van der Waals surface area (Å²) in [4.78, 5) is 26.7. The molecular formula is C21H24FN5O2S. The standard InChI is InChI=1S/C21H24FN5O2S/c1-21-9-8-18(28)27(21)16(12-30-21)20(29)23-13-6-7-15(22)14(11-13)19-25-24-17-5-3-2-4-10-26(17)19/h6-7,11,16H,2-5,8-10,12H2,1H3,(H,23,29). The van der Waals surface area contributed by atoms with E-state index >= 15 is 0 Å². The summed E-state index contributed by atoms with van der Waals surface area (Å²) in [5.41, 5.74) is 0.823. The molecule has 0 bridgehead atoms. The number of nitrogens with zero attached hydrogens (tertiary/aromatic N) is 4. The minimum atomic E-state index is -0.507. The summed E-state index contributed by atoms with van der Waals surface area (Å²) in [5.74, 6) is 1.34. The van der Waals surface area contributed by atoms with Gasteiger partial charge in [-0.3, -0.25) is 9.59 Å². The first-order valence-electron chi connectivity index (χ1n) is 10.5. The van der Waals surface area contributed by atoms with Crippen LogP contribution in [-0.2, 0) is 22.6 Å². The maximum atomic E-state index is 14.7. The first-order valence-corrected chi connectivity index (χ1v) is 11.4. The predicted molar refractivity (Wildman–Crippen MR) is 112 cm³/mol. The number of hydrogen-bond donors (Lipinski definition) is 1. The number of aryl methyl sites for hydroxylation is 1. The van der Waals surface area contributed by atoms with Crippen LogP contribution in [0.1, 0.15) is 44.9 Å². The second kappa shape index (κ2) is 7.37. The van der Waals surface area contributed by atoms with E-state index in [1.54, 1.807) is 28.8 Å². The molecular weight excluding hydrogens is 405 g/mol. The van der Waals surface area contributed by atoms with E-state index < -0.39 is 11.9 Å². The fourth-order valence-electron chi connectivity index (χ4n) is 4.70. The highest BCUT2D eigenvalue weighted by Crippen LogP contribution is 2.47. The predicted octanol–water partition coefficient (Wildman–Crippen LogP) is 3.20. The van der Waals surface area contributed by atoms with E-state index in [0.29, 0.717) is 29.2 Å². The molecule has 9 heteroatoms. The highest BCUT2D eigenvalue weighted by Gasteiger charge is 2.52. The highest BCUT2D eigenvalue weighted by molar-refractivity contribution is 8.01. The molecule has 2 saturated heterocycles. The van der Waals surface area contributed by atoms with Crippen molar-refractivity contribution in [2.45, 2.75) is 62.9 Å². The highest BCUT2D eigenvalue weighted by atomic mass is 32.2. The van der Waals surface area contributed by atoms with Gasteiger partial charge in [-0.15, -0.1) is 22.0 Å². The van der Waals surface area contributed by atoms with Gasteiger partial charge in [0.2, 0.25) is 11.8 Å². The Hall–Kier alpha value is -2.42. The third-order valence-corrected chi connectivity index (χ3v) is 7.84. The van der Waals surface area contributed by atoms with Gasteiger partial charge in [-0.2, -0.15) is 0 Å². The molecule has 0 radical (unpaired) electrons. The minimum absolute atomic E-state index is 0.0219. The van der Waals surface area contributed by atoms with Crippen molar-refractivity contribution >= 4 is 29.3 Å². The van der Waals surface area contributed by atoms with E-state index in [0.717, 1.165) is 44.5 Å². The van der Waals surface area contributed by atoms with Crippen molar-refractivity contribution in [3.05, 3.63) is 29.8 Å². The summed E-state index contributed by atoms with van der Waals surface area (Å²) in [6.45, 7) is 2.78. The fraction of sp³-hybridized carbons (Fsp3) is 0.524. The molecule has 0 aliphatic carbocycles. The molecule has 1 N–H and O–H groups in total. The fourth-order valence-corrected chi connectivity index (χ4v) is 6.13. The molecule has 0 saturated carbocycles. The third kappa shape index (κ3) is 3.19. The van der Waals surface area contributed by atoms with Crippen LogP contribution in [-0.4, -0.2) is 48.1 Å². The van der Waals surface area contributed by atoms with Gasteiger partial charge in [0.05, 0.1) is 10.4 Å². The van der Waals surface area contributed by atoms with Crippen LogP contribution >= 0.6 is 11.8 Å². The number of benzene rings is 1. The lowest BCUT2D eigenvalue weighted by Crippen LogP contribution is -2.48. The maximum absolute atomic E-state index is 14.7. The Morgan fingerprint density at radius 2 is 2.13 bits per heavy atom. The number of hydrogen-bond acceptors (Lipinski definition) is 5. The summed E-state index contributed by atoms with van der Waals surface area (Å²) in [6, 6.07) is 4.00. The second-order valence-electron chi connectivity index (χ2n) is 8.35. The molecule has 2 amide bonds. The zero-order valence-electron chi connectivity index (χ0n) is 16.9. The largest absolute Gasteiger partial charge is 0.324 e. The van der Waals surface area contributed by atoms with Crippen molar-refractivity contribution in [3.63, 3.8) is 0 Å². The lowest BCUT2D eigenvalue weighted by Gasteiger charge is -2.29. The summed E-state index contributed by atoms with van der Waals surface area (Å²) in [7, 11) is 0. The van der Waals surface area contributed by atoms with Gasteiger partial charge in [0.15, 0.2) is 5.82 Å². The Labute approximate surface area is 178 Å². The smallest absolute Gasteiger partial charge is 0.248 e. The van der Waals surface area contributed by atoms with Crippen molar-refractivity contribution in [1.29, 1.82) is 0 Å². The van der Waals surface area contributed by atoms with Gasteiger partial charge in [0.25, 0.3) is 0 Å². The molecule has 3 aliphatic rings. The Balaban J connectivity index is 1.40. The third-order valence-electron chi connectivity index (χ3n) is 6.33. The van der Waals surface area contributed by atoms with Crippen LogP contribution in [0.15, 0.2) is 18.2 Å². The molecule has 1 aromatic carbocycles. The minimum Gasteiger partial charge on any atom is -0.324 e. The van der Waals surface area contributed by atoms with Gasteiger partial charge >= 0.3 is 0 Å². The Morgan fingerprint density at radius 3 is 3.00 bits per heavy atom. The Morgan fingerprint density at radius 1 is 1.27 bits per heavy atom. The molecule has 0 spiro atoms. The van der Waals surface area contributed by atoms with E-state index in [1.807, 2.05) is 11.5 Å². The van der Waals surface area contributed by atoms with Gasteiger partial charge < -0.3 is 14.8 Å². The number of nitrogens with one attached hydrogen (secondary N) is 1. The normalized spacial score (nSPS) is 25.7. The summed E-state index contributed by atoms with van der Waals surface area (Å²) >= 11 is 1.65. The molecule has 2 aromatic rings. The second-order valence-corrected chi connectivity index (χ2v) is 9.85. The molecule has 2 unspecified atom stereocenters. The van der Waals surface area contributed by atoms with Gasteiger partial charge in [-0.05, 0) is 44.4 Å². The number of carbonyl (C=O) groups excluding carboxylic acids is 2. The molecule has 2 fully saturated rings. The maximum Gasteiger partial charge on any atom is 0.248 e. The van der Waals surface area contributed by atoms with Gasteiger partial charge in [-0.25, -0.2) is 4.39 Å². The Bertz CT molecular complexity index is 1020. The van der Waals surface area contributed by atoms with Crippen LogP contribution in [0.2, 0.25) is 0 Å². The number of thioether (sulfide) groups is 1. The van der Waals surface area contributed by atoms with Gasteiger partial charge in [0.1, 0.15) is 17.7 Å². The first-order chi connectivity index (χ1) is 14.5. The number of carbonyl (C=O) groups is 2. The van der Waals surface area contributed by atoms with Crippen LogP contribution in [0.25, 0.3) is 11.4 Å². The monoisotopic (exact) mass is 429 g/mol. The number of amides is 2. The van der Waals surface area contributed by atoms with Crippen LogP contribution < -0.4 is 5.32 Å². The van der Waals surface area contributed by atoms with Crippen LogP contribution in [0.4, 0.5) is 10.1 Å². The number of anilines is 1. The van der Waals surface area contributed by atoms with E-state index in [-0.39, 0.29) is 16.7 Å². The number of rotatable bonds is 3.